The predicted molar refractivity (Wildman–Crippen MR) is 55.6 cm³/mol. The molecule has 0 saturated carbocycles. The molecule has 1 rings (SSSR count). The molecule has 3 nitrogen and oxygen atoms in total. The molecular formula is C9H10BrNO2. The van der Waals surface area contributed by atoms with Gasteiger partial charge >= 0.3 is 0 Å². The third kappa shape index (κ3) is 2.47. The van der Waals surface area contributed by atoms with Crippen LogP contribution in [-0.2, 0) is 0 Å². The summed E-state index contributed by atoms with van der Waals surface area (Å²) in [5.74, 6) is -0.279. The first-order valence-electron chi connectivity index (χ1n) is 3.73. The van der Waals surface area contributed by atoms with Gasteiger partial charge in [0.05, 0.1) is 0 Å². The van der Waals surface area contributed by atoms with E-state index < -0.39 is 0 Å². The Kier molecular flexibility index (Phi) is 3.33. The average molecular weight is 244 g/mol. The zero-order chi connectivity index (χ0) is 9.84. The lowest BCUT2D eigenvalue weighted by molar-refractivity contribution is 0.402. The molecule has 1 aromatic rings. The minimum Gasteiger partial charge on any atom is -0.504 e. The number of nitrogens with two attached hydrogens (primary N) is 1. The van der Waals surface area contributed by atoms with Crippen molar-refractivity contribution in [2.75, 3.05) is 6.54 Å². The van der Waals surface area contributed by atoms with Crippen LogP contribution in [0.15, 0.2) is 22.7 Å². The number of phenols is 2. The van der Waals surface area contributed by atoms with E-state index in [1.165, 1.54) is 6.07 Å². The van der Waals surface area contributed by atoms with Crippen molar-refractivity contribution >= 4 is 22.0 Å². The molecule has 0 bridgehead atoms. The lowest BCUT2D eigenvalue weighted by Gasteiger charge is -2.02. The Morgan fingerprint density at radius 2 is 2.08 bits per heavy atom. The van der Waals surface area contributed by atoms with E-state index in [1.807, 2.05) is 0 Å². The maximum atomic E-state index is 9.39. The van der Waals surface area contributed by atoms with E-state index in [0.717, 1.165) is 0 Å². The second-order valence-electron chi connectivity index (χ2n) is 2.50. The monoisotopic (exact) mass is 243 g/mol. The van der Waals surface area contributed by atoms with Crippen LogP contribution in [0.4, 0.5) is 0 Å². The molecule has 0 aliphatic carbocycles. The van der Waals surface area contributed by atoms with Crippen molar-refractivity contribution in [2.24, 2.45) is 5.73 Å². The summed E-state index contributed by atoms with van der Waals surface area (Å²) in [6, 6.07) is 3.12. The summed E-state index contributed by atoms with van der Waals surface area (Å²) in [6.45, 7) is 0.396. The Bertz CT molecular complexity index is 337. The van der Waals surface area contributed by atoms with Gasteiger partial charge in [0.1, 0.15) is 0 Å². The van der Waals surface area contributed by atoms with Gasteiger partial charge in [0, 0.05) is 16.6 Å². The first kappa shape index (κ1) is 10.1. The maximum Gasteiger partial charge on any atom is 0.164 e. The molecule has 4 N–H and O–H groups in total. The average Bonchev–Trinajstić information content (AvgIpc) is 2.09. The molecule has 0 unspecified atom stereocenters. The van der Waals surface area contributed by atoms with Crippen LogP contribution >= 0.6 is 15.9 Å². The van der Waals surface area contributed by atoms with Crippen LogP contribution in [0.5, 0.6) is 11.5 Å². The van der Waals surface area contributed by atoms with Crippen LogP contribution in [0.2, 0.25) is 0 Å². The smallest absolute Gasteiger partial charge is 0.164 e. The lowest BCUT2D eigenvalue weighted by atomic mass is 10.1. The van der Waals surface area contributed by atoms with Gasteiger partial charge in [-0.25, -0.2) is 0 Å². The number of hydrogen-bond acceptors (Lipinski definition) is 3. The molecule has 0 fully saturated rings. The molecule has 13 heavy (non-hydrogen) atoms. The van der Waals surface area contributed by atoms with Gasteiger partial charge in [-0.15, -0.1) is 0 Å². The molecule has 0 atom stereocenters. The van der Waals surface area contributed by atoms with Crippen molar-refractivity contribution in [3.63, 3.8) is 0 Å². The third-order valence-electron chi connectivity index (χ3n) is 1.52. The van der Waals surface area contributed by atoms with E-state index in [1.54, 1.807) is 18.2 Å². The molecule has 0 aromatic heterocycles. The Morgan fingerprint density at radius 3 is 2.69 bits per heavy atom. The fraction of sp³-hybridized carbons (Fsp3) is 0.111. The Labute approximate surface area is 84.6 Å². The second kappa shape index (κ2) is 4.30. The van der Waals surface area contributed by atoms with Gasteiger partial charge in [0.2, 0.25) is 0 Å². The normalized spacial score (nSPS) is 10.9. The van der Waals surface area contributed by atoms with E-state index in [9.17, 15) is 10.2 Å². The first-order chi connectivity index (χ1) is 6.15. The first-order valence-corrected chi connectivity index (χ1v) is 4.52. The minimum absolute atomic E-state index is 0.132. The molecule has 4 heteroatoms. The second-order valence-corrected chi connectivity index (χ2v) is 3.42. The highest BCUT2D eigenvalue weighted by atomic mass is 79.9. The Morgan fingerprint density at radius 1 is 1.38 bits per heavy atom. The van der Waals surface area contributed by atoms with E-state index in [4.69, 9.17) is 5.73 Å². The van der Waals surface area contributed by atoms with Crippen LogP contribution in [0, 0.1) is 0 Å². The molecular weight excluding hydrogens is 234 g/mol. The fourth-order valence-electron chi connectivity index (χ4n) is 0.927. The van der Waals surface area contributed by atoms with Gasteiger partial charge in [0.25, 0.3) is 0 Å². The molecule has 70 valence electrons. The summed E-state index contributed by atoms with van der Waals surface area (Å²) in [5, 5.41) is 18.6. The minimum atomic E-state index is -0.147. The largest absolute Gasteiger partial charge is 0.504 e. The van der Waals surface area contributed by atoms with Crippen LogP contribution in [-0.4, -0.2) is 16.8 Å². The molecule has 0 aliphatic rings. The molecule has 0 spiro atoms. The van der Waals surface area contributed by atoms with Crippen molar-refractivity contribution in [2.45, 2.75) is 0 Å². The Balaban J connectivity index is 3.12. The van der Waals surface area contributed by atoms with Crippen LogP contribution in [0.1, 0.15) is 5.56 Å². The summed E-state index contributed by atoms with van der Waals surface area (Å²) in [6.07, 6.45) is 3.35. The van der Waals surface area contributed by atoms with Gasteiger partial charge < -0.3 is 15.9 Å². The van der Waals surface area contributed by atoms with Crippen molar-refractivity contribution in [3.05, 3.63) is 28.2 Å². The summed E-state index contributed by atoms with van der Waals surface area (Å²) in [4.78, 5) is 0. The van der Waals surface area contributed by atoms with E-state index in [2.05, 4.69) is 15.9 Å². The van der Waals surface area contributed by atoms with E-state index >= 15 is 0 Å². The molecule has 0 radical (unpaired) electrons. The zero-order valence-electron chi connectivity index (χ0n) is 6.87. The standard InChI is InChI=1S/C9H10BrNO2/c10-7-4-6(2-1-3-11)9(13)8(12)5-7/h1-2,4-5,12-13H,3,11H2/b2-1+. The summed E-state index contributed by atoms with van der Waals surface area (Å²) in [5.41, 5.74) is 5.80. The lowest BCUT2D eigenvalue weighted by Crippen LogP contribution is -1.92. The van der Waals surface area contributed by atoms with Gasteiger partial charge in [-0.05, 0) is 12.1 Å². The highest BCUT2D eigenvalue weighted by Gasteiger charge is 2.04. The van der Waals surface area contributed by atoms with E-state index in [0.29, 0.717) is 16.6 Å². The van der Waals surface area contributed by atoms with Crippen LogP contribution < -0.4 is 5.73 Å². The maximum absolute atomic E-state index is 9.39. The number of halogens is 1. The van der Waals surface area contributed by atoms with Gasteiger partial charge in [-0.3, -0.25) is 0 Å². The summed E-state index contributed by atoms with van der Waals surface area (Å²) in [7, 11) is 0. The highest BCUT2D eigenvalue weighted by molar-refractivity contribution is 9.10. The predicted octanol–water partition coefficient (Wildman–Crippen LogP) is 1.83. The Hall–Kier alpha value is -1.00. The number of rotatable bonds is 2. The molecule has 0 amide bonds. The molecule has 0 saturated heterocycles. The topological polar surface area (TPSA) is 66.5 Å². The van der Waals surface area contributed by atoms with Crippen molar-refractivity contribution in [3.8, 4) is 11.5 Å². The van der Waals surface area contributed by atoms with Crippen molar-refractivity contribution < 1.29 is 10.2 Å². The van der Waals surface area contributed by atoms with E-state index in [-0.39, 0.29) is 11.5 Å². The molecule has 0 heterocycles. The van der Waals surface area contributed by atoms with Gasteiger partial charge in [-0.2, -0.15) is 0 Å². The van der Waals surface area contributed by atoms with Crippen LogP contribution in [0.25, 0.3) is 6.08 Å². The van der Waals surface area contributed by atoms with Crippen LogP contribution in [0.3, 0.4) is 0 Å². The molecule has 0 aliphatic heterocycles. The van der Waals surface area contributed by atoms with Crippen molar-refractivity contribution in [1.82, 2.24) is 0 Å². The number of hydrogen-bond donors (Lipinski definition) is 3. The summed E-state index contributed by atoms with van der Waals surface area (Å²) >= 11 is 3.20. The third-order valence-corrected chi connectivity index (χ3v) is 1.98. The number of aromatic hydroxyl groups is 2. The number of phenolic OH excluding ortho intramolecular Hbond substituents is 2. The number of benzene rings is 1. The quantitative estimate of drug-likeness (QED) is 0.695. The fourth-order valence-corrected chi connectivity index (χ4v) is 1.39. The zero-order valence-corrected chi connectivity index (χ0v) is 8.45. The SMILES string of the molecule is NC/C=C/c1cc(Br)cc(O)c1O. The highest BCUT2D eigenvalue weighted by Crippen LogP contribution is 2.33. The van der Waals surface area contributed by atoms with Gasteiger partial charge in [-0.1, -0.05) is 28.1 Å². The molecule has 1 aromatic carbocycles. The van der Waals surface area contributed by atoms with Gasteiger partial charge in [0.15, 0.2) is 11.5 Å². The summed E-state index contributed by atoms with van der Waals surface area (Å²) < 4.78 is 0.708. The van der Waals surface area contributed by atoms with Crippen molar-refractivity contribution in [1.29, 1.82) is 0 Å².